The minimum absolute atomic E-state index is 0.0139. The summed E-state index contributed by atoms with van der Waals surface area (Å²) in [5, 5.41) is 3.48. The zero-order valence-corrected chi connectivity index (χ0v) is 10.7. The molecule has 0 aromatic rings. The first-order valence-corrected chi connectivity index (χ1v) is 5.92. The fraction of sp³-hybridized carbons (Fsp3) is 0.917. The first-order chi connectivity index (χ1) is 7.48. The van der Waals surface area contributed by atoms with Gasteiger partial charge in [0.15, 0.2) is 0 Å². The van der Waals surface area contributed by atoms with Gasteiger partial charge >= 0.3 is 5.97 Å². The molecule has 0 bridgehead atoms. The monoisotopic (exact) mass is 229 g/mol. The topological polar surface area (TPSA) is 47.6 Å². The van der Waals surface area contributed by atoms with Crippen molar-refractivity contribution in [3.63, 3.8) is 0 Å². The molecule has 1 heterocycles. The number of rotatable bonds is 4. The number of nitrogens with one attached hydrogen (secondary N) is 1. The molecule has 1 N–H and O–H groups in total. The number of carbonyl (C=O) groups excluding carboxylic acids is 1. The van der Waals surface area contributed by atoms with Crippen LogP contribution >= 0.6 is 0 Å². The first kappa shape index (κ1) is 13.5. The molecule has 1 rings (SSSR count). The van der Waals surface area contributed by atoms with Crippen LogP contribution in [0.2, 0.25) is 0 Å². The summed E-state index contributed by atoms with van der Waals surface area (Å²) in [5.74, 6) is -0.302. The molecule has 1 aliphatic rings. The molecule has 0 aliphatic carbocycles. The predicted octanol–water partition coefficient (Wildman–Crippen LogP) is 1.34. The third-order valence-corrected chi connectivity index (χ3v) is 3.34. The largest absolute Gasteiger partial charge is 0.469 e. The highest BCUT2D eigenvalue weighted by molar-refractivity contribution is 5.72. The Balaban J connectivity index is 2.48. The predicted molar refractivity (Wildman–Crippen MR) is 62.2 cm³/mol. The number of esters is 1. The Labute approximate surface area is 97.7 Å². The van der Waals surface area contributed by atoms with E-state index in [0.29, 0.717) is 6.61 Å². The van der Waals surface area contributed by atoms with E-state index in [-0.39, 0.29) is 23.5 Å². The molecule has 94 valence electrons. The van der Waals surface area contributed by atoms with Gasteiger partial charge in [0.1, 0.15) is 0 Å². The van der Waals surface area contributed by atoms with Gasteiger partial charge in [-0.05, 0) is 26.7 Å². The average Bonchev–Trinajstić information content (AvgIpc) is 2.27. The van der Waals surface area contributed by atoms with E-state index in [0.717, 1.165) is 19.4 Å². The van der Waals surface area contributed by atoms with Crippen LogP contribution in [0.15, 0.2) is 0 Å². The van der Waals surface area contributed by atoms with Crippen LogP contribution in [0.5, 0.6) is 0 Å². The van der Waals surface area contributed by atoms with Gasteiger partial charge in [0.25, 0.3) is 0 Å². The molecule has 0 spiro atoms. The first-order valence-electron chi connectivity index (χ1n) is 5.92. The average molecular weight is 229 g/mol. The highest BCUT2D eigenvalue weighted by atomic mass is 16.5. The minimum atomic E-state index is -0.166. The zero-order valence-electron chi connectivity index (χ0n) is 10.7. The summed E-state index contributed by atoms with van der Waals surface area (Å²) in [6.07, 6.45) is 2.16. The van der Waals surface area contributed by atoms with Gasteiger partial charge in [-0.2, -0.15) is 0 Å². The quantitative estimate of drug-likeness (QED) is 0.739. The van der Waals surface area contributed by atoms with E-state index in [2.05, 4.69) is 12.2 Å². The molecule has 1 fully saturated rings. The summed E-state index contributed by atoms with van der Waals surface area (Å²) in [7, 11) is 1.43. The van der Waals surface area contributed by atoms with E-state index in [1.54, 1.807) is 0 Å². The van der Waals surface area contributed by atoms with E-state index >= 15 is 0 Å². The van der Waals surface area contributed by atoms with Gasteiger partial charge in [-0.25, -0.2) is 0 Å². The van der Waals surface area contributed by atoms with Crippen molar-refractivity contribution in [3.05, 3.63) is 0 Å². The second-order valence-electron chi connectivity index (χ2n) is 4.96. The van der Waals surface area contributed by atoms with Crippen LogP contribution in [0.3, 0.4) is 0 Å². The van der Waals surface area contributed by atoms with Crippen molar-refractivity contribution in [3.8, 4) is 0 Å². The third kappa shape index (κ3) is 3.46. The molecular weight excluding hydrogens is 206 g/mol. The van der Waals surface area contributed by atoms with E-state index < -0.39 is 0 Å². The van der Waals surface area contributed by atoms with Gasteiger partial charge in [-0.15, -0.1) is 0 Å². The Bertz CT molecular complexity index is 236. The van der Waals surface area contributed by atoms with Gasteiger partial charge in [-0.1, -0.05) is 6.92 Å². The fourth-order valence-electron chi connectivity index (χ4n) is 2.11. The molecule has 3 unspecified atom stereocenters. The van der Waals surface area contributed by atoms with Crippen LogP contribution in [-0.2, 0) is 14.3 Å². The Morgan fingerprint density at radius 2 is 2.19 bits per heavy atom. The lowest BCUT2D eigenvalue weighted by Gasteiger charge is -2.38. The lowest BCUT2D eigenvalue weighted by Crippen LogP contribution is -2.54. The summed E-state index contributed by atoms with van der Waals surface area (Å²) in [6, 6.07) is 0.0964. The lowest BCUT2D eigenvalue weighted by molar-refractivity contribution is -0.146. The Morgan fingerprint density at radius 3 is 2.69 bits per heavy atom. The number of hydrogen-bond donors (Lipinski definition) is 1. The van der Waals surface area contributed by atoms with Crippen molar-refractivity contribution in [2.24, 2.45) is 5.92 Å². The van der Waals surface area contributed by atoms with Crippen molar-refractivity contribution in [2.75, 3.05) is 20.3 Å². The SMILES string of the molecule is COC(=O)C(C)C(C)NC1(C)CCCOC1. The number of ether oxygens (including phenoxy) is 2. The highest BCUT2D eigenvalue weighted by Gasteiger charge is 2.32. The minimum Gasteiger partial charge on any atom is -0.469 e. The van der Waals surface area contributed by atoms with Gasteiger partial charge < -0.3 is 14.8 Å². The van der Waals surface area contributed by atoms with E-state index in [4.69, 9.17) is 9.47 Å². The van der Waals surface area contributed by atoms with Crippen molar-refractivity contribution < 1.29 is 14.3 Å². The van der Waals surface area contributed by atoms with Crippen LogP contribution in [-0.4, -0.2) is 37.9 Å². The summed E-state index contributed by atoms with van der Waals surface area (Å²) in [5.41, 5.74) is -0.0139. The zero-order chi connectivity index (χ0) is 12.2. The van der Waals surface area contributed by atoms with Gasteiger partial charge in [0.2, 0.25) is 0 Å². The van der Waals surface area contributed by atoms with Gasteiger partial charge in [0.05, 0.1) is 19.6 Å². The molecule has 0 saturated carbocycles. The van der Waals surface area contributed by atoms with Crippen molar-refractivity contribution in [1.82, 2.24) is 5.32 Å². The molecule has 0 aromatic heterocycles. The third-order valence-electron chi connectivity index (χ3n) is 3.34. The second-order valence-corrected chi connectivity index (χ2v) is 4.96. The molecule has 16 heavy (non-hydrogen) atoms. The summed E-state index contributed by atoms with van der Waals surface area (Å²) in [4.78, 5) is 11.4. The fourth-order valence-corrected chi connectivity index (χ4v) is 2.11. The second kappa shape index (κ2) is 5.64. The van der Waals surface area contributed by atoms with Crippen LogP contribution < -0.4 is 5.32 Å². The van der Waals surface area contributed by atoms with Crippen LogP contribution in [0.25, 0.3) is 0 Å². The van der Waals surface area contributed by atoms with E-state index in [9.17, 15) is 4.79 Å². The maximum Gasteiger partial charge on any atom is 0.309 e. The van der Waals surface area contributed by atoms with E-state index in [1.165, 1.54) is 7.11 Å². The summed E-state index contributed by atoms with van der Waals surface area (Å²) in [6.45, 7) is 7.61. The molecule has 3 atom stereocenters. The molecule has 0 aromatic carbocycles. The Morgan fingerprint density at radius 1 is 1.50 bits per heavy atom. The van der Waals surface area contributed by atoms with Crippen LogP contribution in [0.4, 0.5) is 0 Å². The normalized spacial score (nSPS) is 29.5. The van der Waals surface area contributed by atoms with Crippen LogP contribution in [0, 0.1) is 5.92 Å². The molecule has 1 saturated heterocycles. The number of methoxy groups -OCH3 is 1. The summed E-state index contributed by atoms with van der Waals surface area (Å²) >= 11 is 0. The van der Waals surface area contributed by atoms with Gasteiger partial charge in [0, 0.05) is 18.2 Å². The highest BCUT2D eigenvalue weighted by Crippen LogP contribution is 2.20. The molecule has 0 amide bonds. The van der Waals surface area contributed by atoms with Crippen molar-refractivity contribution in [1.29, 1.82) is 0 Å². The molecule has 4 nitrogen and oxygen atoms in total. The van der Waals surface area contributed by atoms with Gasteiger partial charge in [-0.3, -0.25) is 4.79 Å². The Kier molecular flexibility index (Phi) is 4.74. The van der Waals surface area contributed by atoms with Crippen molar-refractivity contribution >= 4 is 5.97 Å². The summed E-state index contributed by atoms with van der Waals surface area (Å²) < 4.78 is 10.2. The molecular formula is C12H23NO3. The number of carbonyl (C=O) groups is 1. The van der Waals surface area contributed by atoms with Crippen LogP contribution in [0.1, 0.15) is 33.6 Å². The maximum absolute atomic E-state index is 11.4. The smallest absolute Gasteiger partial charge is 0.309 e. The maximum atomic E-state index is 11.4. The standard InChI is InChI=1S/C12H23NO3/c1-9(11(14)15-4)10(2)13-12(3)6-5-7-16-8-12/h9-10,13H,5-8H2,1-4H3. The van der Waals surface area contributed by atoms with Crippen molar-refractivity contribution in [2.45, 2.75) is 45.2 Å². The van der Waals surface area contributed by atoms with E-state index in [1.807, 2.05) is 13.8 Å². The molecule has 4 heteroatoms. The lowest BCUT2D eigenvalue weighted by atomic mass is 9.91. The Hall–Kier alpha value is -0.610. The number of hydrogen-bond acceptors (Lipinski definition) is 4. The molecule has 0 radical (unpaired) electrons. The molecule has 1 aliphatic heterocycles.